The summed E-state index contributed by atoms with van der Waals surface area (Å²) in [6.45, 7) is 0.696. The molecular weight excluding hydrogens is 249 g/mol. The highest BCUT2D eigenvalue weighted by atomic mass is 35.5. The molecule has 2 aromatic carbocycles. The van der Waals surface area contributed by atoms with Gasteiger partial charge in [0.2, 0.25) is 0 Å². The Bertz CT molecular complexity index is 552. The number of rotatable bonds is 3. The van der Waals surface area contributed by atoms with Gasteiger partial charge in [0.1, 0.15) is 17.4 Å². The molecule has 0 aliphatic heterocycles. The molecule has 1 nitrogen and oxygen atoms in total. The molecule has 0 aliphatic carbocycles. The second-order valence-corrected chi connectivity index (χ2v) is 5.33. The van der Waals surface area contributed by atoms with Crippen LogP contribution in [-0.4, -0.2) is 14.1 Å². The number of para-hydroxylation sites is 1. The van der Waals surface area contributed by atoms with Gasteiger partial charge < -0.3 is 0 Å². The monoisotopic (exact) mass is 264 g/mol. The van der Waals surface area contributed by atoms with E-state index in [0.717, 1.165) is 16.3 Å². The van der Waals surface area contributed by atoms with Gasteiger partial charge in [-0.1, -0.05) is 35.9 Å². The molecule has 0 radical (unpaired) electrons. The highest BCUT2D eigenvalue weighted by Gasteiger charge is 2.22. The van der Waals surface area contributed by atoms with Gasteiger partial charge in [0.05, 0.1) is 14.1 Å². The molecule has 0 unspecified atom stereocenters. The van der Waals surface area contributed by atoms with E-state index in [9.17, 15) is 4.39 Å². The molecule has 0 atom stereocenters. The predicted molar refractivity (Wildman–Crippen MR) is 75.2 cm³/mol. The summed E-state index contributed by atoms with van der Waals surface area (Å²) < 4.78 is 13.8. The Balaban J connectivity index is 2.30. The predicted octanol–water partition coefficient (Wildman–Crippen LogP) is 4.25. The molecule has 3 heteroatoms. The summed E-state index contributed by atoms with van der Waals surface area (Å²) in [5.74, 6) is -0.202. The van der Waals surface area contributed by atoms with E-state index in [0.29, 0.717) is 11.0 Å². The minimum Gasteiger partial charge on any atom is -0.291 e. The molecule has 0 aromatic heterocycles. The highest BCUT2D eigenvalue weighted by molar-refractivity contribution is 6.33. The van der Waals surface area contributed by atoms with Gasteiger partial charge in [0, 0.05) is 11.6 Å². The Kier molecular flexibility index (Phi) is 3.69. The van der Waals surface area contributed by atoms with E-state index in [4.69, 9.17) is 11.6 Å². The van der Waals surface area contributed by atoms with Gasteiger partial charge in [-0.25, -0.2) is 4.39 Å². The summed E-state index contributed by atoms with van der Waals surface area (Å²) >= 11 is 6.22. The van der Waals surface area contributed by atoms with Crippen molar-refractivity contribution in [3.8, 4) is 0 Å². The van der Waals surface area contributed by atoms with Gasteiger partial charge in [0.25, 0.3) is 0 Å². The van der Waals surface area contributed by atoms with E-state index < -0.39 is 0 Å². The van der Waals surface area contributed by atoms with Crippen LogP contribution in [0.4, 0.5) is 10.1 Å². The van der Waals surface area contributed by atoms with Gasteiger partial charge >= 0.3 is 0 Å². The molecule has 18 heavy (non-hydrogen) atoms. The number of quaternary nitrogens is 1. The Morgan fingerprint density at radius 1 is 1.06 bits per heavy atom. The number of benzene rings is 2. The fourth-order valence-corrected chi connectivity index (χ4v) is 2.48. The summed E-state index contributed by atoms with van der Waals surface area (Å²) in [7, 11) is 4.12. The van der Waals surface area contributed by atoms with Crippen molar-refractivity contribution >= 4 is 17.3 Å². The molecule has 0 bridgehead atoms. The van der Waals surface area contributed by atoms with Gasteiger partial charge in [-0.05, 0) is 18.2 Å². The van der Waals surface area contributed by atoms with Crippen LogP contribution in [0, 0.1) is 5.82 Å². The van der Waals surface area contributed by atoms with E-state index >= 15 is 0 Å². The van der Waals surface area contributed by atoms with Crippen LogP contribution in [0.25, 0.3) is 0 Å². The first kappa shape index (κ1) is 13.1. The van der Waals surface area contributed by atoms with Crippen LogP contribution in [0.2, 0.25) is 5.02 Å². The lowest BCUT2D eigenvalue weighted by Crippen LogP contribution is -2.39. The summed E-state index contributed by atoms with van der Waals surface area (Å²) in [6.07, 6.45) is 0. The molecule has 0 N–H and O–H groups in total. The number of nitrogens with zero attached hydrogens (tertiary/aromatic N) is 1. The molecule has 0 saturated heterocycles. The Morgan fingerprint density at radius 2 is 1.78 bits per heavy atom. The zero-order valence-electron chi connectivity index (χ0n) is 10.5. The van der Waals surface area contributed by atoms with Crippen LogP contribution < -0.4 is 4.48 Å². The Labute approximate surface area is 112 Å². The normalized spacial score (nSPS) is 11.6. The third kappa shape index (κ3) is 2.89. The van der Waals surface area contributed by atoms with Crippen molar-refractivity contribution in [2.75, 3.05) is 14.1 Å². The van der Waals surface area contributed by atoms with E-state index in [1.807, 2.05) is 30.3 Å². The van der Waals surface area contributed by atoms with Gasteiger partial charge in [-0.3, -0.25) is 4.48 Å². The van der Waals surface area contributed by atoms with Gasteiger partial charge in [0.15, 0.2) is 5.69 Å². The first-order valence-electron chi connectivity index (χ1n) is 5.81. The van der Waals surface area contributed by atoms with Crippen molar-refractivity contribution in [2.24, 2.45) is 0 Å². The van der Waals surface area contributed by atoms with Gasteiger partial charge in [-0.15, -0.1) is 0 Å². The smallest absolute Gasteiger partial charge is 0.151 e. The third-order valence-electron chi connectivity index (χ3n) is 2.97. The minimum absolute atomic E-state index is 0.202. The minimum atomic E-state index is -0.202. The largest absolute Gasteiger partial charge is 0.291 e. The number of hydrogen-bond acceptors (Lipinski definition) is 0. The van der Waals surface area contributed by atoms with Crippen LogP contribution in [0.15, 0.2) is 48.5 Å². The molecule has 2 aromatic rings. The Hall–Kier alpha value is -1.38. The lowest BCUT2D eigenvalue weighted by atomic mass is 10.1. The van der Waals surface area contributed by atoms with Crippen molar-refractivity contribution in [1.29, 1.82) is 0 Å². The molecule has 2 rings (SSSR count). The maximum atomic E-state index is 13.2. The maximum Gasteiger partial charge on any atom is 0.151 e. The van der Waals surface area contributed by atoms with E-state index in [-0.39, 0.29) is 5.82 Å². The Morgan fingerprint density at radius 3 is 2.44 bits per heavy atom. The van der Waals surface area contributed by atoms with Crippen molar-refractivity contribution in [3.05, 3.63) is 64.9 Å². The first-order valence-corrected chi connectivity index (χ1v) is 6.19. The van der Waals surface area contributed by atoms with E-state index in [1.165, 1.54) is 6.07 Å². The summed E-state index contributed by atoms with van der Waals surface area (Å²) in [6, 6.07) is 14.4. The average Bonchev–Trinajstić information content (AvgIpc) is 2.28. The number of hydrogen-bond donors (Lipinski definition) is 0. The molecule has 0 heterocycles. The second-order valence-electron chi connectivity index (χ2n) is 4.92. The highest BCUT2D eigenvalue weighted by Crippen LogP contribution is 2.30. The maximum absolute atomic E-state index is 13.2. The van der Waals surface area contributed by atoms with Crippen molar-refractivity contribution in [2.45, 2.75) is 6.54 Å². The van der Waals surface area contributed by atoms with E-state index in [1.54, 1.807) is 12.1 Å². The van der Waals surface area contributed by atoms with Crippen molar-refractivity contribution < 1.29 is 4.39 Å². The average molecular weight is 265 g/mol. The fraction of sp³-hybridized carbons (Fsp3) is 0.200. The molecule has 0 fully saturated rings. The molecule has 0 aliphatic rings. The van der Waals surface area contributed by atoms with Crippen LogP contribution in [0.3, 0.4) is 0 Å². The standard InChI is InChI=1S/C15H16ClFN/c1-18(2,15-9-4-3-8-14(15)16)11-12-6-5-7-13(17)10-12/h3-10H,11H2,1-2H3/q+1. The molecule has 0 amide bonds. The second kappa shape index (κ2) is 5.09. The zero-order chi connectivity index (χ0) is 13.2. The lowest BCUT2D eigenvalue weighted by Gasteiger charge is -2.30. The first-order chi connectivity index (χ1) is 8.49. The quantitative estimate of drug-likeness (QED) is 0.727. The lowest BCUT2D eigenvalue weighted by molar-refractivity contribution is 0.391. The SMILES string of the molecule is C[N+](C)(Cc1cccc(F)c1)c1ccccc1Cl. The molecule has 94 valence electrons. The van der Waals surface area contributed by atoms with Crippen LogP contribution in [-0.2, 0) is 6.54 Å². The summed E-state index contributed by atoms with van der Waals surface area (Å²) in [5.41, 5.74) is 1.99. The van der Waals surface area contributed by atoms with Crippen molar-refractivity contribution in [1.82, 2.24) is 4.48 Å². The summed E-state index contributed by atoms with van der Waals surface area (Å²) in [5, 5.41) is 0.735. The van der Waals surface area contributed by atoms with Crippen LogP contribution in [0.1, 0.15) is 5.56 Å². The van der Waals surface area contributed by atoms with Gasteiger partial charge in [-0.2, -0.15) is 0 Å². The topological polar surface area (TPSA) is 0 Å². The van der Waals surface area contributed by atoms with Crippen molar-refractivity contribution in [3.63, 3.8) is 0 Å². The fourth-order valence-electron chi connectivity index (χ4n) is 2.12. The molecule has 0 saturated carbocycles. The zero-order valence-corrected chi connectivity index (χ0v) is 11.3. The van der Waals surface area contributed by atoms with Crippen LogP contribution in [0.5, 0.6) is 0 Å². The number of halogens is 2. The third-order valence-corrected chi connectivity index (χ3v) is 3.29. The summed E-state index contributed by atoms with van der Waals surface area (Å²) in [4.78, 5) is 0. The molecular formula is C15H16ClFN+. The molecule has 0 spiro atoms. The van der Waals surface area contributed by atoms with Crippen LogP contribution >= 0.6 is 11.6 Å². The van der Waals surface area contributed by atoms with E-state index in [2.05, 4.69) is 14.1 Å².